The van der Waals surface area contributed by atoms with Crippen LogP contribution in [0, 0.1) is 5.92 Å². The third-order valence-electron chi connectivity index (χ3n) is 3.19. The smallest absolute Gasteiger partial charge is 0.297 e. The molecule has 1 fully saturated rings. The summed E-state index contributed by atoms with van der Waals surface area (Å²) in [6, 6.07) is 0. The maximum atomic E-state index is 12.2. The maximum Gasteiger partial charge on any atom is 0.329 e. The van der Waals surface area contributed by atoms with Gasteiger partial charge in [0.05, 0.1) is 5.56 Å². The quantitative estimate of drug-likeness (QED) is 0.861. The second-order valence-electron chi connectivity index (χ2n) is 4.62. The number of halogens is 1. The summed E-state index contributed by atoms with van der Waals surface area (Å²) < 4.78 is 1.31. The maximum absolute atomic E-state index is 12.2. The topological polar surface area (TPSA) is 54.9 Å². The minimum atomic E-state index is -0.387. The summed E-state index contributed by atoms with van der Waals surface area (Å²) >= 11 is 7.81. The van der Waals surface area contributed by atoms with E-state index in [9.17, 15) is 9.59 Å². The Morgan fingerprint density at radius 1 is 1.50 bits per heavy atom. The number of nitrogens with zero attached hydrogens (tertiary/aromatic N) is 1. The Morgan fingerprint density at radius 3 is 2.89 bits per heavy atom. The van der Waals surface area contributed by atoms with Gasteiger partial charge in [0.15, 0.2) is 0 Å². The molecule has 0 radical (unpaired) electrons. The third-order valence-corrected chi connectivity index (χ3v) is 4.75. The minimum absolute atomic E-state index is 0.198. The van der Waals surface area contributed by atoms with E-state index in [2.05, 4.69) is 4.98 Å². The highest BCUT2D eigenvalue weighted by Crippen LogP contribution is 2.24. The molecule has 0 spiro atoms. The molecule has 2 heterocycles. The minimum Gasteiger partial charge on any atom is -0.297 e. The van der Waals surface area contributed by atoms with Crippen LogP contribution in [-0.2, 0) is 13.0 Å². The van der Waals surface area contributed by atoms with Crippen LogP contribution in [0.2, 0.25) is 5.15 Å². The lowest BCUT2D eigenvalue weighted by atomic mass is 10.1. The summed E-state index contributed by atoms with van der Waals surface area (Å²) in [5.41, 5.74) is -0.0753. The largest absolute Gasteiger partial charge is 0.329 e. The second-order valence-corrected chi connectivity index (χ2v) is 6.15. The molecule has 1 aliphatic rings. The molecule has 1 unspecified atom stereocenters. The third kappa shape index (κ3) is 2.83. The molecule has 1 saturated heterocycles. The summed E-state index contributed by atoms with van der Waals surface area (Å²) in [5, 5.41) is 0.198. The molecule has 100 valence electrons. The number of thioether (sulfide) groups is 1. The highest BCUT2D eigenvalue weighted by molar-refractivity contribution is 7.99. The normalized spacial score (nSPS) is 19.3. The van der Waals surface area contributed by atoms with Gasteiger partial charge in [0.25, 0.3) is 5.56 Å². The molecule has 1 aliphatic heterocycles. The van der Waals surface area contributed by atoms with Gasteiger partial charge in [0, 0.05) is 6.54 Å². The van der Waals surface area contributed by atoms with Gasteiger partial charge in [-0.1, -0.05) is 24.9 Å². The molecule has 1 aromatic heterocycles. The molecule has 1 N–H and O–H groups in total. The fraction of sp³-hybridized carbons (Fsp3) is 0.667. The van der Waals surface area contributed by atoms with Crippen LogP contribution in [0.25, 0.3) is 0 Å². The van der Waals surface area contributed by atoms with Crippen molar-refractivity contribution in [3.8, 4) is 0 Å². The predicted molar refractivity (Wildman–Crippen MR) is 75.8 cm³/mol. The zero-order valence-corrected chi connectivity index (χ0v) is 11.9. The van der Waals surface area contributed by atoms with E-state index >= 15 is 0 Å². The van der Waals surface area contributed by atoms with E-state index in [0.29, 0.717) is 24.4 Å². The number of aromatic amines is 1. The van der Waals surface area contributed by atoms with Crippen molar-refractivity contribution >= 4 is 23.4 Å². The number of H-pyrrole nitrogens is 1. The molecule has 2 rings (SSSR count). The standard InChI is InChI=1S/C12H17ClN2O2S/c1-2-3-9-10(13)14-12(17)15(11(9)16)6-8-4-5-18-7-8/h8H,2-7H2,1H3,(H,14,17). The van der Waals surface area contributed by atoms with Gasteiger partial charge in [-0.25, -0.2) is 4.79 Å². The predicted octanol–water partition coefficient (Wildman–Crippen LogP) is 1.90. The second kappa shape index (κ2) is 5.97. The van der Waals surface area contributed by atoms with Crippen molar-refractivity contribution in [2.75, 3.05) is 11.5 Å². The van der Waals surface area contributed by atoms with Gasteiger partial charge in [-0.15, -0.1) is 0 Å². The Balaban J connectivity index is 2.36. The molecule has 1 atom stereocenters. The van der Waals surface area contributed by atoms with Crippen molar-refractivity contribution in [1.29, 1.82) is 0 Å². The first-order valence-electron chi connectivity index (χ1n) is 6.22. The Labute approximate surface area is 115 Å². The van der Waals surface area contributed by atoms with Gasteiger partial charge >= 0.3 is 5.69 Å². The Kier molecular flexibility index (Phi) is 4.56. The summed E-state index contributed by atoms with van der Waals surface area (Å²) in [5.74, 6) is 2.56. The van der Waals surface area contributed by atoms with E-state index in [1.165, 1.54) is 4.57 Å². The van der Waals surface area contributed by atoms with Crippen LogP contribution in [-0.4, -0.2) is 21.1 Å². The Morgan fingerprint density at radius 2 is 2.28 bits per heavy atom. The van der Waals surface area contributed by atoms with Crippen molar-refractivity contribution in [3.63, 3.8) is 0 Å². The molecule has 0 amide bonds. The molecule has 6 heteroatoms. The Hall–Kier alpha value is -0.680. The van der Waals surface area contributed by atoms with Crippen LogP contribution in [0.3, 0.4) is 0 Å². The summed E-state index contributed by atoms with van der Waals surface area (Å²) in [6.45, 7) is 2.49. The van der Waals surface area contributed by atoms with E-state index in [1.807, 2.05) is 18.7 Å². The van der Waals surface area contributed by atoms with Crippen LogP contribution < -0.4 is 11.2 Å². The molecule has 0 saturated carbocycles. The molecular formula is C12H17ClN2O2S. The van der Waals surface area contributed by atoms with Crippen LogP contribution in [0.5, 0.6) is 0 Å². The average molecular weight is 289 g/mol. The van der Waals surface area contributed by atoms with Crippen LogP contribution >= 0.6 is 23.4 Å². The monoisotopic (exact) mass is 288 g/mol. The first-order chi connectivity index (χ1) is 8.63. The molecule has 0 aromatic carbocycles. The van der Waals surface area contributed by atoms with Crippen molar-refractivity contribution < 1.29 is 0 Å². The summed E-state index contributed by atoms with van der Waals surface area (Å²) in [6.07, 6.45) is 2.51. The van der Waals surface area contributed by atoms with Crippen LogP contribution in [0.15, 0.2) is 9.59 Å². The zero-order valence-electron chi connectivity index (χ0n) is 10.4. The average Bonchev–Trinajstić information content (AvgIpc) is 2.83. The van der Waals surface area contributed by atoms with Crippen LogP contribution in [0.4, 0.5) is 0 Å². The number of nitrogens with one attached hydrogen (secondary N) is 1. The molecule has 18 heavy (non-hydrogen) atoms. The molecule has 4 nitrogen and oxygen atoms in total. The van der Waals surface area contributed by atoms with E-state index in [0.717, 1.165) is 24.3 Å². The zero-order chi connectivity index (χ0) is 13.1. The summed E-state index contributed by atoms with van der Waals surface area (Å²) in [4.78, 5) is 26.6. The van der Waals surface area contributed by atoms with Gasteiger partial charge in [0.1, 0.15) is 5.15 Å². The van der Waals surface area contributed by atoms with Crippen molar-refractivity contribution in [3.05, 3.63) is 31.6 Å². The van der Waals surface area contributed by atoms with Crippen molar-refractivity contribution in [1.82, 2.24) is 9.55 Å². The highest BCUT2D eigenvalue weighted by Gasteiger charge is 2.19. The lowest BCUT2D eigenvalue weighted by molar-refractivity contribution is 0.464. The fourth-order valence-electron chi connectivity index (χ4n) is 2.20. The van der Waals surface area contributed by atoms with Gasteiger partial charge in [-0.05, 0) is 30.3 Å². The van der Waals surface area contributed by atoms with E-state index in [1.54, 1.807) is 0 Å². The lowest BCUT2D eigenvalue weighted by Gasteiger charge is -2.12. The first-order valence-corrected chi connectivity index (χ1v) is 7.76. The fourth-order valence-corrected chi connectivity index (χ4v) is 3.73. The highest BCUT2D eigenvalue weighted by atomic mass is 35.5. The number of hydrogen-bond acceptors (Lipinski definition) is 3. The molecule has 1 aromatic rings. The molecule has 0 aliphatic carbocycles. The SMILES string of the molecule is CCCc1c(Cl)[nH]c(=O)n(CC2CCSC2)c1=O. The first kappa shape index (κ1) is 13.7. The van der Waals surface area contributed by atoms with Crippen molar-refractivity contribution in [2.24, 2.45) is 5.92 Å². The van der Waals surface area contributed by atoms with Gasteiger partial charge in [-0.2, -0.15) is 11.8 Å². The van der Waals surface area contributed by atoms with Gasteiger partial charge < -0.3 is 0 Å². The molecule has 0 bridgehead atoms. The van der Waals surface area contributed by atoms with E-state index < -0.39 is 0 Å². The molecular weight excluding hydrogens is 272 g/mol. The Bertz CT molecular complexity index is 532. The number of aromatic nitrogens is 2. The van der Waals surface area contributed by atoms with Gasteiger partial charge in [0.2, 0.25) is 0 Å². The van der Waals surface area contributed by atoms with Gasteiger partial charge in [-0.3, -0.25) is 14.3 Å². The summed E-state index contributed by atoms with van der Waals surface area (Å²) in [7, 11) is 0. The van der Waals surface area contributed by atoms with E-state index in [-0.39, 0.29) is 16.4 Å². The van der Waals surface area contributed by atoms with Crippen LogP contribution in [0.1, 0.15) is 25.3 Å². The lowest BCUT2D eigenvalue weighted by Crippen LogP contribution is -2.39. The van der Waals surface area contributed by atoms with E-state index in [4.69, 9.17) is 11.6 Å². The number of hydrogen-bond donors (Lipinski definition) is 1. The number of rotatable bonds is 4. The van der Waals surface area contributed by atoms with Crippen molar-refractivity contribution in [2.45, 2.75) is 32.7 Å².